The average molecular weight is 351 g/mol. The molecule has 2 aromatic rings. The molecule has 0 N–H and O–H groups in total. The molecule has 0 heterocycles. The molecule has 0 amide bonds. The van der Waals surface area contributed by atoms with E-state index in [9.17, 15) is 8.42 Å². The fraction of sp³-hybridized carbons (Fsp3) is 0.294. The number of ether oxygens (including phenoxy) is 1. The summed E-state index contributed by atoms with van der Waals surface area (Å²) < 4.78 is 32.2. The Morgan fingerprint density at radius 3 is 2.04 bits per heavy atom. The first-order valence-electron chi connectivity index (χ1n) is 7.24. The van der Waals surface area contributed by atoms with Gasteiger partial charge in [-0.25, -0.2) is 8.42 Å². The second kappa shape index (κ2) is 7.27. The van der Waals surface area contributed by atoms with E-state index in [0.29, 0.717) is 5.69 Å². The van der Waals surface area contributed by atoms with Gasteiger partial charge in [-0.2, -0.15) is 0 Å². The molecular weight excluding hydrogens is 330 g/mol. The summed E-state index contributed by atoms with van der Waals surface area (Å²) in [4.78, 5) is 1.31. The molecule has 4 nitrogen and oxygen atoms in total. The highest BCUT2D eigenvalue weighted by Gasteiger charge is 2.21. The van der Waals surface area contributed by atoms with Crippen LogP contribution in [0, 0.1) is 0 Å². The SMILES string of the molecule is CSc1ccc(S(=O)(=O)N(C)c2ccc(OC(C)C)cc2)cc1. The molecule has 2 aromatic carbocycles. The quantitative estimate of drug-likeness (QED) is 0.738. The van der Waals surface area contributed by atoms with Gasteiger partial charge in [0.25, 0.3) is 10.0 Å². The largest absolute Gasteiger partial charge is 0.491 e. The van der Waals surface area contributed by atoms with Gasteiger partial charge in [-0.3, -0.25) is 4.31 Å². The minimum absolute atomic E-state index is 0.0808. The van der Waals surface area contributed by atoms with E-state index in [4.69, 9.17) is 4.74 Å². The molecule has 0 aliphatic carbocycles. The van der Waals surface area contributed by atoms with Crippen molar-refractivity contribution < 1.29 is 13.2 Å². The summed E-state index contributed by atoms with van der Waals surface area (Å²) >= 11 is 1.58. The zero-order valence-corrected chi connectivity index (χ0v) is 15.3. The zero-order chi connectivity index (χ0) is 17.0. The highest BCUT2D eigenvalue weighted by Crippen LogP contribution is 2.26. The number of anilines is 1. The third-order valence-electron chi connectivity index (χ3n) is 3.29. The van der Waals surface area contributed by atoms with Crippen molar-refractivity contribution >= 4 is 27.5 Å². The third-order valence-corrected chi connectivity index (χ3v) is 5.83. The van der Waals surface area contributed by atoms with Crippen LogP contribution in [-0.2, 0) is 10.0 Å². The summed E-state index contributed by atoms with van der Waals surface area (Å²) in [6.07, 6.45) is 2.04. The van der Waals surface area contributed by atoms with Gasteiger partial charge in [0.05, 0.1) is 16.7 Å². The molecule has 0 atom stereocenters. The molecule has 0 aromatic heterocycles. The number of nitrogens with zero attached hydrogens (tertiary/aromatic N) is 1. The van der Waals surface area contributed by atoms with Crippen LogP contribution in [0.15, 0.2) is 58.3 Å². The van der Waals surface area contributed by atoms with Gasteiger partial charge in [-0.05, 0) is 68.6 Å². The molecule has 0 unspecified atom stereocenters. The van der Waals surface area contributed by atoms with Crippen molar-refractivity contribution in [2.75, 3.05) is 17.6 Å². The molecule has 0 fully saturated rings. The number of hydrogen-bond donors (Lipinski definition) is 0. The Hall–Kier alpha value is -1.66. The van der Waals surface area contributed by atoms with Crippen LogP contribution in [-0.4, -0.2) is 27.8 Å². The van der Waals surface area contributed by atoms with E-state index in [1.807, 2.05) is 32.2 Å². The Morgan fingerprint density at radius 2 is 1.57 bits per heavy atom. The first-order chi connectivity index (χ1) is 10.8. The molecule has 0 spiro atoms. The third kappa shape index (κ3) is 4.20. The zero-order valence-electron chi connectivity index (χ0n) is 13.7. The minimum atomic E-state index is -3.57. The van der Waals surface area contributed by atoms with Crippen LogP contribution in [0.5, 0.6) is 5.75 Å². The molecule has 0 aliphatic heterocycles. The summed E-state index contributed by atoms with van der Waals surface area (Å²) in [6.45, 7) is 3.89. The Balaban J connectivity index is 2.24. The number of hydrogen-bond acceptors (Lipinski definition) is 4. The van der Waals surface area contributed by atoms with Gasteiger partial charge in [-0.1, -0.05) is 0 Å². The Morgan fingerprint density at radius 1 is 1.00 bits per heavy atom. The van der Waals surface area contributed by atoms with E-state index >= 15 is 0 Å². The summed E-state index contributed by atoms with van der Waals surface area (Å²) in [5, 5.41) is 0. The molecule has 0 aliphatic rings. The smallest absolute Gasteiger partial charge is 0.264 e. The van der Waals surface area contributed by atoms with Gasteiger partial charge in [0, 0.05) is 11.9 Å². The molecule has 2 rings (SSSR count). The van der Waals surface area contributed by atoms with Crippen molar-refractivity contribution in [1.29, 1.82) is 0 Å². The number of rotatable bonds is 6. The van der Waals surface area contributed by atoms with Crippen molar-refractivity contribution in [3.8, 4) is 5.75 Å². The van der Waals surface area contributed by atoms with Crippen LogP contribution in [0.2, 0.25) is 0 Å². The van der Waals surface area contributed by atoms with Crippen LogP contribution in [0.25, 0.3) is 0 Å². The predicted molar refractivity (Wildman–Crippen MR) is 96.0 cm³/mol. The van der Waals surface area contributed by atoms with E-state index in [1.54, 1.807) is 55.2 Å². The first-order valence-corrected chi connectivity index (χ1v) is 9.91. The summed E-state index contributed by atoms with van der Waals surface area (Å²) in [5.74, 6) is 0.721. The maximum absolute atomic E-state index is 12.7. The molecular formula is C17H21NO3S2. The lowest BCUT2D eigenvalue weighted by atomic mass is 10.3. The van der Waals surface area contributed by atoms with E-state index in [1.165, 1.54) is 4.31 Å². The van der Waals surface area contributed by atoms with E-state index < -0.39 is 10.0 Å². The molecule has 0 bridgehead atoms. The molecule has 23 heavy (non-hydrogen) atoms. The molecule has 124 valence electrons. The summed E-state index contributed by atoms with van der Waals surface area (Å²) in [7, 11) is -2.02. The standard InChI is InChI=1S/C17H21NO3S2/c1-13(2)21-15-7-5-14(6-8-15)18(3)23(19,20)17-11-9-16(22-4)10-12-17/h5-13H,1-4H3. The van der Waals surface area contributed by atoms with Crippen molar-refractivity contribution in [2.45, 2.75) is 29.7 Å². The monoisotopic (exact) mass is 351 g/mol. The lowest BCUT2D eigenvalue weighted by molar-refractivity contribution is 0.242. The fourth-order valence-corrected chi connectivity index (χ4v) is 3.66. The molecule has 0 saturated heterocycles. The Kier molecular flexibility index (Phi) is 5.59. The highest BCUT2D eigenvalue weighted by molar-refractivity contribution is 7.98. The second-order valence-corrected chi connectivity index (χ2v) is 8.16. The topological polar surface area (TPSA) is 46.6 Å². The maximum atomic E-state index is 12.7. The van der Waals surface area contributed by atoms with Crippen LogP contribution in [0.3, 0.4) is 0 Å². The predicted octanol–water partition coefficient (Wildman–Crippen LogP) is 4.02. The van der Waals surface area contributed by atoms with E-state index in [0.717, 1.165) is 10.6 Å². The van der Waals surface area contributed by atoms with Crippen LogP contribution < -0.4 is 9.04 Å². The van der Waals surface area contributed by atoms with E-state index in [-0.39, 0.29) is 11.0 Å². The summed E-state index contributed by atoms with van der Waals surface area (Å²) in [6, 6.07) is 13.9. The van der Waals surface area contributed by atoms with E-state index in [2.05, 4.69) is 0 Å². The van der Waals surface area contributed by atoms with Gasteiger partial charge in [0.1, 0.15) is 5.75 Å². The van der Waals surface area contributed by atoms with Crippen molar-refractivity contribution in [3.05, 3.63) is 48.5 Å². The van der Waals surface area contributed by atoms with Gasteiger partial charge in [0.2, 0.25) is 0 Å². The fourth-order valence-electron chi connectivity index (χ4n) is 2.05. The average Bonchev–Trinajstić information content (AvgIpc) is 2.54. The molecule has 0 radical (unpaired) electrons. The lowest BCUT2D eigenvalue weighted by Crippen LogP contribution is -2.26. The van der Waals surface area contributed by atoms with Crippen molar-refractivity contribution in [2.24, 2.45) is 0 Å². The van der Waals surface area contributed by atoms with Crippen molar-refractivity contribution in [1.82, 2.24) is 0 Å². The number of benzene rings is 2. The highest BCUT2D eigenvalue weighted by atomic mass is 32.2. The lowest BCUT2D eigenvalue weighted by Gasteiger charge is -2.20. The first kappa shape index (κ1) is 17.7. The number of sulfonamides is 1. The van der Waals surface area contributed by atoms with Crippen LogP contribution >= 0.6 is 11.8 Å². The summed E-state index contributed by atoms with van der Waals surface area (Å²) in [5.41, 5.74) is 0.593. The normalized spacial score (nSPS) is 11.5. The van der Waals surface area contributed by atoms with Gasteiger partial charge in [-0.15, -0.1) is 11.8 Å². The second-order valence-electron chi connectivity index (χ2n) is 5.31. The van der Waals surface area contributed by atoms with Gasteiger partial charge in [0.15, 0.2) is 0 Å². The molecule has 0 saturated carbocycles. The van der Waals surface area contributed by atoms with Gasteiger partial charge >= 0.3 is 0 Å². The Bertz CT molecular complexity index is 738. The van der Waals surface area contributed by atoms with Crippen LogP contribution in [0.1, 0.15) is 13.8 Å². The number of thioether (sulfide) groups is 1. The molecule has 6 heteroatoms. The van der Waals surface area contributed by atoms with Crippen LogP contribution in [0.4, 0.5) is 5.69 Å². The van der Waals surface area contributed by atoms with Crippen molar-refractivity contribution in [3.63, 3.8) is 0 Å². The Labute approximate surface area is 142 Å². The van der Waals surface area contributed by atoms with Gasteiger partial charge < -0.3 is 4.74 Å². The maximum Gasteiger partial charge on any atom is 0.264 e. The minimum Gasteiger partial charge on any atom is -0.491 e.